The van der Waals surface area contributed by atoms with Gasteiger partial charge in [-0.3, -0.25) is 10.1 Å². The van der Waals surface area contributed by atoms with Crippen molar-refractivity contribution >= 4 is 23.3 Å². The highest BCUT2D eigenvalue weighted by atomic mass is 35.5. The van der Waals surface area contributed by atoms with Crippen molar-refractivity contribution in [2.45, 2.75) is 13.0 Å². The third kappa shape index (κ3) is 2.98. The van der Waals surface area contributed by atoms with Gasteiger partial charge < -0.3 is 14.7 Å². The lowest BCUT2D eigenvalue weighted by Crippen LogP contribution is -2.30. The summed E-state index contributed by atoms with van der Waals surface area (Å²) in [5.41, 5.74) is -0.511. The van der Waals surface area contributed by atoms with Crippen LogP contribution in [0.3, 0.4) is 0 Å². The highest BCUT2D eigenvalue weighted by molar-refractivity contribution is 6.28. The lowest BCUT2D eigenvalue weighted by Gasteiger charge is -2.11. The zero-order chi connectivity index (χ0) is 13.9. The number of carbonyl (C=O) groups excluding carboxylic acids is 1. The number of ether oxygens (including phenoxy) is 2. The zero-order valence-electron chi connectivity index (χ0n) is 9.45. The summed E-state index contributed by atoms with van der Waals surface area (Å²) in [7, 11) is 1.15. The van der Waals surface area contributed by atoms with Gasteiger partial charge in [-0.25, -0.2) is 4.79 Å². The van der Waals surface area contributed by atoms with Gasteiger partial charge in [0.05, 0.1) is 12.0 Å². The largest absolute Gasteiger partial charge is 0.618 e. The van der Waals surface area contributed by atoms with Crippen LogP contribution >= 0.6 is 11.6 Å². The zero-order valence-corrected chi connectivity index (χ0v) is 10.2. The average Bonchev–Trinajstić information content (AvgIpc) is 2.31. The molecule has 18 heavy (non-hydrogen) atoms. The van der Waals surface area contributed by atoms with E-state index in [0.717, 1.165) is 19.4 Å². The summed E-state index contributed by atoms with van der Waals surface area (Å²) in [5, 5.41) is 21.6. The van der Waals surface area contributed by atoms with Crippen molar-refractivity contribution in [3.63, 3.8) is 0 Å². The predicted octanol–water partition coefficient (Wildman–Crippen LogP) is 0.822. The van der Waals surface area contributed by atoms with E-state index in [1.165, 1.54) is 6.92 Å². The molecule has 0 saturated heterocycles. The predicted molar refractivity (Wildman–Crippen MR) is 59.2 cm³/mol. The summed E-state index contributed by atoms with van der Waals surface area (Å²) < 4.78 is 9.58. The summed E-state index contributed by atoms with van der Waals surface area (Å²) in [6.45, 7) is 1.33. The fourth-order valence-electron chi connectivity index (χ4n) is 1.12. The van der Waals surface area contributed by atoms with E-state index in [0.29, 0.717) is 0 Å². The number of carbonyl (C=O) groups is 1. The van der Waals surface area contributed by atoms with Gasteiger partial charge in [0.25, 0.3) is 10.9 Å². The first-order valence-corrected chi connectivity index (χ1v) is 5.06. The number of rotatable bonds is 4. The Morgan fingerprint density at radius 1 is 1.61 bits per heavy atom. The van der Waals surface area contributed by atoms with E-state index in [2.05, 4.69) is 4.74 Å². The highest BCUT2D eigenvalue weighted by Crippen LogP contribution is 2.28. The third-order valence-corrected chi connectivity index (χ3v) is 2.26. The Kier molecular flexibility index (Phi) is 4.27. The molecule has 0 spiro atoms. The Hall–Kier alpha value is -2.09. The first-order valence-electron chi connectivity index (χ1n) is 4.68. The smallest absolute Gasteiger partial charge is 0.346 e. The molecule has 1 heterocycles. The van der Waals surface area contributed by atoms with Crippen LogP contribution in [-0.2, 0) is 9.53 Å². The van der Waals surface area contributed by atoms with Gasteiger partial charge in [0.2, 0.25) is 6.20 Å². The van der Waals surface area contributed by atoms with E-state index in [4.69, 9.17) is 16.3 Å². The molecule has 0 aliphatic rings. The molecule has 8 nitrogen and oxygen atoms in total. The fraction of sp³-hybridized carbons (Fsp3) is 0.333. The minimum Gasteiger partial charge on any atom is -0.618 e. The van der Waals surface area contributed by atoms with Gasteiger partial charge in [0.15, 0.2) is 6.10 Å². The van der Waals surface area contributed by atoms with Crippen molar-refractivity contribution < 1.29 is 23.9 Å². The Morgan fingerprint density at radius 2 is 2.22 bits per heavy atom. The number of nitro groups is 1. The lowest BCUT2D eigenvalue weighted by atomic mass is 10.3. The van der Waals surface area contributed by atoms with Crippen molar-refractivity contribution in [3.05, 3.63) is 32.7 Å². The SMILES string of the molecule is COC(=O)C(C)Oc1c[n+]([O-])c(Cl)cc1[N+](=O)[O-]. The molecule has 1 unspecified atom stereocenters. The molecule has 1 aromatic heterocycles. The average molecular weight is 277 g/mol. The van der Waals surface area contributed by atoms with E-state index in [-0.39, 0.29) is 15.6 Å². The lowest BCUT2D eigenvalue weighted by molar-refractivity contribution is -0.604. The summed E-state index contributed by atoms with van der Waals surface area (Å²) in [6, 6.07) is 0.841. The molecule has 9 heteroatoms. The molecule has 1 aromatic rings. The molecule has 0 fully saturated rings. The number of hydrogen-bond donors (Lipinski definition) is 0. The van der Waals surface area contributed by atoms with Gasteiger partial charge in [-0.05, 0) is 18.5 Å². The summed E-state index contributed by atoms with van der Waals surface area (Å²) >= 11 is 5.46. The first kappa shape index (κ1) is 14.0. The maximum absolute atomic E-state index is 11.2. The number of esters is 1. The van der Waals surface area contributed by atoms with E-state index < -0.39 is 22.7 Å². The maximum atomic E-state index is 11.2. The van der Waals surface area contributed by atoms with E-state index in [1.54, 1.807) is 0 Å². The number of hydrogen-bond acceptors (Lipinski definition) is 6. The van der Waals surface area contributed by atoms with Crippen molar-refractivity contribution in [1.29, 1.82) is 0 Å². The van der Waals surface area contributed by atoms with E-state index in [9.17, 15) is 20.1 Å². The molecule has 0 radical (unpaired) electrons. The van der Waals surface area contributed by atoms with Crippen molar-refractivity contribution in [1.82, 2.24) is 0 Å². The molecule has 0 aliphatic carbocycles. The first-order chi connectivity index (χ1) is 8.36. The molecule has 0 saturated carbocycles. The summed E-state index contributed by atoms with van der Waals surface area (Å²) in [5.74, 6) is -1.09. The number of nitrogens with zero attached hydrogens (tertiary/aromatic N) is 2. The Labute approximate surface area is 106 Å². The number of methoxy groups -OCH3 is 1. The van der Waals surface area contributed by atoms with Crippen LogP contribution in [-0.4, -0.2) is 24.1 Å². The second-order valence-electron chi connectivity index (χ2n) is 3.21. The molecule has 0 bridgehead atoms. The van der Waals surface area contributed by atoms with E-state index >= 15 is 0 Å². The number of pyridine rings is 1. The fourth-order valence-corrected chi connectivity index (χ4v) is 1.27. The van der Waals surface area contributed by atoms with Crippen LogP contribution in [0.4, 0.5) is 5.69 Å². The van der Waals surface area contributed by atoms with Gasteiger partial charge in [-0.1, -0.05) is 0 Å². The van der Waals surface area contributed by atoms with Crippen LogP contribution in [0.25, 0.3) is 0 Å². The summed E-state index contributed by atoms with van der Waals surface area (Å²) in [4.78, 5) is 21.1. The second kappa shape index (κ2) is 5.50. The van der Waals surface area contributed by atoms with Crippen LogP contribution in [0.1, 0.15) is 6.92 Å². The van der Waals surface area contributed by atoms with Crippen molar-refractivity contribution in [2.24, 2.45) is 0 Å². The van der Waals surface area contributed by atoms with Crippen LogP contribution in [0.15, 0.2) is 12.3 Å². The topological polar surface area (TPSA) is 106 Å². The standard InChI is InChI=1S/C9H9ClN2O6/c1-5(9(13)17-2)18-7-4-11(14)8(10)3-6(7)12(15)16/h3-5H,1-2H3. The van der Waals surface area contributed by atoms with E-state index in [1.807, 2.05) is 0 Å². The number of halogens is 1. The quantitative estimate of drug-likeness (QED) is 0.201. The summed E-state index contributed by atoms with van der Waals surface area (Å²) in [6.07, 6.45) is -0.310. The van der Waals surface area contributed by atoms with Crippen LogP contribution in [0.5, 0.6) is 5.75 Å². The molecule has 0 aliphatic heterocycles. The van der Waals surface area contributed by atoms with Crippen LogP contribution < -0.4 is 9.47 Å². The second-order valence-corrected chi connectivity index (χ2v) is 3.60. The molecular formula is C9H9ClN2O6. The monoisotopic (exact) mass is 276 g/mol. The molecule has 0 aromatic carbocycles. The van der Waals surface area contributed by atoms with Gasteiger partial charge >= 0.3 is 11.7 Å². The minimum atomic E-state index is -1.09. The van der Waals surface area contributed by atoms with Gasteiger partial charge in [0, 0.05) is 0 Å². The normalized spacial score (nSPS) is 11.7. The van der Waals surface area contributed by atoms with Gasteiger partial charge in [0.1, 0.15) is 6.07 Å². The molecule has 0 amide bonds. The van der Waals surface area contributed by atoms with Crippen LogP contribution in [0, 0.1) is 15.3 Å². The molecular weight excluding hydrogens is 268 g/mol. The highest BCUT2D eigenvalue weighted by Gasteiger charge is 2.26. The maximum Gasteiger partial charge on any atom is 0.346 e. The van der Waals surface area contributed by atoms with Crippen LogP contribution in [0.2, 0.25) is 5.15 Å². The third-order valence-electron chi connectivity index (χ3n) is 1.99. The molecule has 98 valence electrons. The van der Waals surface area contributed by atoms with Crippen molar-refractivity contribution in [2.75, 3.05) is 7.11 Å². The number of aromatic nitrogens is 1. The molecule has 1 atom stereocenters. The molecule has 0 N–H and O–H groups in total. The Morgan fingerprint density at radius 3 is 2.72 bits per heavy atom. The van der Waals surface area contributed by atoms with Gasteiger partial charge in [-0.15, -0.1) is 0 Å². The Bertz CT molecular complexity index is 492. The molecule has 1 rings (SSSR count). The Balaban J connectivity index is 3.11. The minimum absolute atomic E-state index is 0.188. The van der Waals surface area contributed by atoms with Gasteiger partial charge in [-0.2, -0.15) is 4.73 Å². The van der Waals surface area contributed by atoms with Crippen molar-refractivity contribution in [3.8, 4) is 5.75 Å².